The standard InChI is InChI=1S/C20H19N3O2/c1-3-8-25-19-11-17-18(10-15(19)12-24)21-13-22-20(17)23-16-7-5-6-14(4-2)9-16/h2,5-7,9-11,13,24H,3,8,12H2,1H3,(H,21,22,23). The number of hydrogen-bond donors (Lipinski definition) is 2. The fourth-order valence-electron chi connectivity index (χ4n) is 2.52. The number of benzene rings is 2. The van der Waals surface area contributed by atoms with Gasteiger partial charge in [0.25, 0.3) is 0 Å². The highest BCUT2D eigenvalue weighted by molar-refractivity contribution is 5.92. The first-order chi connectivity index (χ1) is 12.2. The minimum absolute atomic E-state index is 0.105. The van der Waals surface area contributed by atoms with Gasteiger partial charge in [0.15, 0.2) is 0 Å². The number of hydrogen-bond acceptors (Lipinski definition) is 5. The van der Waals surface area contributed by atoms with E-state index in [2.05, 4.69) is 21.2 Å². The lowest BCUT2D eigenvalue weighted by Crippen LogP contribution is -2.01. The number of aromatic nitrogens is 2. The SMILES string of the molecule is C#Cc1cccc(Nc2ncnc3cc(CO)c(OCCC)cc23)c1. The molecule has 0 unspecified atom stereocenters. The van der Waals surface area contributed by atoms with Gasteiger partial charge in [0.05, 0.1) is 18.7 Å². The maximum Gasteiger partial charge on any atom is 0.141 e. The summed E-state index contributed by atoms with van der Waals surface area (Å²) in [6.07, 6.45) is 7.83. The van der Waals surface area contributed by atoms with Crippen LogP contribution in [-0.4, -0.2) is 21.7 Å². The number of ether oxygens (including phenoxy) is 1. The van der Waals surface area contributed by atoms with Gasteiger partial charge in [-0.05, 0) is 36.8 Å². The predicted molar refractivity (Wildman–Crippen MR) is 98.9 cm³/mol. The summed E-state index contributed by atoms with van der Waals surface area (Å²) in [6, 6.07) is 11.2. The van der Waals surface area contributed by atoms with Crippen LogP contribution in [0.25, 0.3) is 10.9 Å². The molecular weight excluding hydrogens is 314 g/mol. The van der Waals surface area contributed by atoms with Crippen LogP contribution in [0.5, 0.6) is 5.75 Å². The zero-order valence-corrected chi connectivity index (χ0v) is 14.0. The number of aliphatic hydroxyl groups excluding tert-OH is 1. The van der Waals surface area contributed by atoms with Crippen molar-refractivity contribution in [1.82, 2.24) is 9.97 Å². The third-order valence-corrected chi connectivity index (χ3v) is 3.74. The molecule has 0 aliphatic rings. The molecule has 0 fully saturated rings. The van der Waals surface area contributed by atoms with Gasteiger partial charge < -0.3 is 15.2 Å². The largest absolute Gasteiger partial charge is 0.493 e. The van der Waals surface area contributed by atoms with E-state index < -0.39 is 0 Å². The molecule has 0 saturated heterocycles. The summed E-state index contributed by atoms with van der Waals surface area (Å²) in [5.74, 6) is 3.92. The molecule has 25 heavy (non-hydrogen) atoms. The zero-order valence-electron chi connectivity index (χ0n) is 14.0. The van der Waals surface area contributed by atoms with Crippen molar-refractivity contribution in [3.8, 4) is 18.1 Å². The molecule has 0 amide bonds. The number of fused-ring (bicyclic) bond motifs is 1. The Morgan fingerprint density at radius 3 is 2.88 bits per heavy atom. The average Bonchev–Trinajstić information content (AvgIpc) is 2.66. The highest BCUT2D eigenvalue weighted by atomic mass is 16.5. The second-order valence-electron chi connectivity index (χ2n) is 5.56. The van der Waals surface area contributed by atoms with Gasteiger partial charge in [-0.1, -0.05) is 18.9 Å². The Hall–Kier alpha value is -3.10. The quantitative estimate of drug-likeness (QED) is 0.674. The van der Waals surface area contributed by atoms with Gasteiger partial charge >= 0.3 is 0 Å². The maximum atomic E-state index is 9.58. The van der Waals surface area contributed by atoms with Gasteiger partial charge in [-0.2, -0.15) is 0 Å². The van der Waals surface area contributed by atoms with Gasteiger partial charge in [-0.3, -0.25) is 0 Å². The number of nitrogens with one attached hydrogen (secondary N) is 1. The molecule has 0 aliphatic carbocycles. The van der Waals surface area contributed by atoms with Crippen molar-refractivity contribution in [2.45, 2.75) is 20.0 Å². The Kier molecular flexibility index (Phi) is 5.12. The van der Waals surface area contributed by atoms with Crippen LogP contribution in [0, 0.1) is 12.3 Å². The van der Waals surface area contributed by atoms with Crippen LogP contribution in [0.1, 0.15) is 24.5 Å². The summed E-state index contributed by atoms with van der Waals surface area (Å²) >= 11 is 0. The third-order valence-electron chi connectivity index (χ3n) is 3.74. The highest BCUT2D eigenvalue weighted by Crippen LogP contribution is 2.30. The number of rotatable bonds is 6. The van der Waals surface area contributed by atoms with Gasteiger partial charge in [-0.15, -0.1) is 6.42 Å². The maximum absolute atomic E-state index is 9.58. The fourth-order valence-corrected chi connectivity index (χ4v) is 2.52. The Morgan fingerprint density at radius 2 is 2.12 bits per heavy atom. The lowest BCUT2D eigenvalue weighted by atomic mass is 10.1. The van der Waals surface area contributed by atoms with Crippen molar-refractivity contribution in [2.24, 2.45) is 0 Å². The van der Waals surface area contributed by atoms with Crippen LogP contribution in [0.2, 0.25) is 0 Å². The van der Waals surface area contributed by atoms with E-state index in [-0.39, 0.29) is 6.61 Å². The molecule has 3 rings (SSSR count). The van der Waals surface area contributed by atoms with E-state index >= 15 is 0 Å². The summed E-state index contributed by atoms with van der Waals surface area (Å²) in [4.78, 5) is 8.64. The fraction of sp³-hybridized carbons (Fsp3) is 0.200. The summed E-state index contributed by atoms with van der Waals surface area (Å²) < 4.78 is 5.76. The molecule has 0 aliphatic heterocycles. The molecule has 2 aromatic carbocycles. The van der Waals surface area contributed by atoms with E-state index in [0.717, 1.165) is 28.6 Å². The normalized spacial score (nSPS) is 10.4. The summed E-state index contributed by atoms with van der Waals surface area (Å²) in [7, 11) is 0. The number of terminal acetylenes is 1. The molecule has 1 heterocycles. The van der Waals surface area contributed by atoms with Crippen LogP contribution >= 0.6 is 0 Å². The Morgan fingerprint density at radius 1 is 1.24 bits per heavy atom. The van der Waals surface area contributed by atoms with Gasteiger partial charge in [0.1, 0.15) is 17.9 Å². The lowest BCUT2D eigenvalue weighted by molar-refractivity contribution is 0.263. The molecule has 5 heteroatoms. The second-order valence-corrected chi connectivity index (χ2v) is 5.56. The molecule has 0 bridgehead atoms. The Labute approximate surface area is 146 Å². The number of aliphatic hydroxyl groups is 1. The van der Waals surface area contributed by atoms with Gasteiger partial charge in [-0.25, -0.2) is 9.97 Å². The van der Waals surface area contributed by atoms with Crippen molar-refractivity contribution in [3.05, 3.63) is 53.9 Å². The van der Waals surface area contributed by atoms with Crippen molar-refractivity contribution >= 4 is 22.4 Å². The summed E-state index contributed by atoms with van der Waals surface area (Å²) in [5, 5.41) is 13.7. The van der Waals surface area contributed by atoms with Crippen molar-refractivity contribution in [1.29, 1.82) is 0 Å². The first-order valence-corrected chi connectivity index (χ1v) is 8.10. The minimum atomic E-state index is -0.105. The molecule has 3 aromatic rings. The van der Waals surface area contributed by atoms with E-state index in [4.69, 9.17) is 11.2 Å². The smallest absolute Gasteiger partial charge is 0.141 e. The average molecular weight is 333 g/mol. The van der Waals surface area contributed by atoms with Crippen molar-refractivity contribution in [3.63, 3.8) is 0 Å². The number of nitrogens with zero attached hydrogens (tertiary/aromatic N) is 2. The van der Waals surface area contributed by atoms with Crippen LogP contribution < -0.4 is 10.1 Å². The van der Waals surface area contributed by atoms with Crippen LogP contribution in [0.3, 0.4) is 0 Å². The molecule has 1 aromatic heterocycles. The first-order valence-electron chi connectivity index (χ1n) is 8.10. The van der Waals surface area contributed by atoms with Crippen LogP contribution in [-0.2, 0) is 6.61 Å². The van der Waals surface area contributed by atoms with Crippen molar-refractivity contribution < 1.29 is 9.84 Å². The molecule has 0 radical (unpaired) electrons. The lowest BCUT2D eigenvalue weighted by Gasteiger charge is -2.13. The minimum Gasteiger partial charge on any atom is -0.493 e. The zero-order chi connectivity index (χ0) is 17.6. The Balaban J connectivity index is 2.04. The predicted octanol–water partition coefficient (Wildman–Crippen LogP) is 3.64. The van der Waals surface area contributed by atoms with E-state index in [9.17, 15) is 5.11 Å². The van der Waals surface area contributed by atoms with Gasteiger partial charge in [0.2, 0.25) is 0 Å². The third kappa shape index (κ3) is 3.70. The van der Waals surface area contributed by atoms with E-state index in [0.29, 0.717) is 23.7 Å². The molecule has 2 N–H and O–H groups in total. The molecule has 0 atom stereocenters. The highest BCUT2D eigenvalue weighted by Gasteiger charge is 2.11. The monoisotopic (exact) mass is 333 g/mol. The molecule has 0 saturated carbocycles. The summed E-state index contributed by atoms with van der Waals surface area (Å²) in [6.45, 7) is 2.51. The first kappa shape index (κ1) is 16.7. The van der Waals surface area contributed by atoms with Crippen LogP contribution in [0.15, 0.2) is 42.7 Å². The van der Waals surface area contributed by atoms with Gasteiger partial charge in [0, 0.05) is 22.2 Å². The van der Waals surface area contributed by atoms with E-state index in [1.54, 1.807) is 0 Å². The molecule has 5 nitrogen and oxygen atoms in total. The summed E-state index contributed by atoms with van der Waals surface area (Å²) in [5.41, 5.74) is 3.08. The second kappa shape index (κ2) is 7.65. The van der Waals surface area contributed by atoms with Crippen molar-refractivity contribution in [2.75, 3.05) is 11.9 Å². The number of anilines is 2. The Bertz CT molecular complexity index is 932. The van der Waals surface area contributed by atoms with E-state index in [1.165, 1.54) is 6.33 Å². The molecule has 0 spiro atoms. The van der Waals surface area contributed by atoms with Crippen LogP contribution in [0.4, 0.5) is 11.5 Å². The molecule has 126 valence electrons. The van der Waals surface area contributed by atoms with E-state index in [1.807, 2.05) is 43.3 Å². The topological polar surface area (TPSA) is 67.3 Å². The molecular formula is C20H19N3O2.